The number of aromatic carboxylic acids is 1. The highest BCUT2D eigenvalue weighted by atomic mass is 35.5. The minimum atomic E-state index is -1.09. The number of hydrogen-bond donors (Lipinski definition) is 1. The fraction of sp³-hybridized carbons (Fsp3) is 0.0968. The highest BCUT2D eigenvalue weighted by Crippen LogP contribution is 2.37. The van der Waals surface area contributed by atoms with Crippen LogP contribution in [0.1, 0.15) is 39.5 Å². The summed E-state index contributed by atoms with van der Waals surface area (Å²) in [5.41, 5.74) is 1.62. The molecule has 1 N–H and O–H groups in total. The van der Waals surface area contributed by atoms with Gasteiger partial charge >= 0.3 is 11.9 Å². The Morgan fingerprint density at radius 3 is 2.64 bits per heavy atom. The molecule has 0 spiro atoms. The molecular formula is C31H21ClN2O6S2. The molecule has 1 aliphatic heterocycles. The maximum atomic E-state index is 13.9. The molecule has 0 aliphatic carbocycles. The van der Waals surface area contributed by atoms with Gasteiger partial charge in [-0.3, -0.25) is 9.36 Å². The third kappa shape index (κ3) is 5.04. The molecule has 6 rings (SSSR count). The predicted octanol–water partition coefficient (Wildman–Crippen LogP) is 5.61. The van der Waals surface area contributed by atoms with Gasteiger partial charge in [-0.05, 0) is 48.7 Å². The molecular weight excluding hydrogens is 596 g/mol. The van der Waals surface area contributed by atoms with E-state index in [1.165, 1.54) is 45.4 Å². The van der Waals surface area contributed by atoms with Crippen molar-refractivity contribution >= 4 is 58.0 Å². The summed E-state index contributed by atoms with van der Waals surface area (Å²) < 4.78 is 13.3. The van der Waals surface area contributed by atoms with Crippen molar-refractivity contribution in [1.29, 1.82) is 0 Å². The fourth-order valence-corrected chi connectivity index (χ4v) is 6.72. The Kier molecular flexibility index (Phi) is 7.51. The summed E-state index contributed by atoms with van der Waals surface area (Å²) in [5, 5.41) is 11.6. The molecule has 42 heavy (non-hydrogen) atoms. The summed E-state index contributed by atoms with van der Waals surface area (Å²) in [7, 11) is 0. The topological polar surface area (TPSA) is 111 Å². The molecule has 8 nitrogen and oxygen atoms in total. The van der Waals surface area contributed by atoms with E-state index >= 15 is 0 Å². The molecule has 11 heteroatoms. The average Bonchev–Trinajstić information content (AvgIpc) is 3.75. The number of hydrogen-bond acceptors (Lipinski definition) is 8. The van der Waals surface area contributed by atoms with E-state index in [4.69, 9.17) is 25.7 Å². The fourth-order valence-electron chi connectivity index (χ4n) is 4.71. The Morgan fingerprint density at radius 1 is 1.12 bits per heavy atom. The van der Waals surface area contributed by atoms with Gasteiger partial charge in [0.25, 0.3) is 5.56 Å². The van der Waals surface area contributed by atoms with Gasteiger partial charge in [0.15, 0.2) is 4.80 Å². The smallest absolute Gasteiger partial charge is 0.338 e. The van der Waals surface area contributed by atoms with Crippen LogP contribution in [0.2, 0.25) is 5.02 Å². The first kappa shape index (κ1) is 27.6. The van der Waals surface area contributed by atoms with Crippen molar-refractivity contribution in [1.82, 2.24) is 4.57 Å². The summed E-state index contributed by atoms with van der Waals surface area (Å²) in [5.74, 6) is -0.899. The van der Waals surface area contributed by atoms with E-state index in [-0.39, 0.29) is 23.3 Å². The number of carboxylic acids is 1. The van der Waals surface area contributed by atoms with Crippen molar-refractivity contribution in [3.05, 3.63) is 130 Å². The second-order valence-electron chi connectivity index (χ2n) is 9.15. The number of ether oxygens (including phenoxy) is 1. The Balaban J connectivity index is 1.52. The van der Waals surface area contributed by atoms with Crippen LogP contribution in [0, 0.1) is 0 Å². The van der Waals surface area contributed by atoms with E-state index in [1.807, 2.05) is 47.8 Å². The van der Waals surface area contributed by atoms with Crippen LogP contribution in [0.3, 0.4) is 0 Å². The number of thiophene rings is 1. The van der Waals surface area contributed by atoms with E-state index in [1.54, 1.807) is 25.1 Å². The number of esters is 1. The Morgan fingerprint density at radius 2 is 1.93 bits per heavy atom. The molecule has 2 aromatic carbocycles. The van der Waals surface area contributed by atoms with Crippen LogP contribution in [-0.2, 0) is 9.53 Å². The van der Waals surface area contributed by atoms with Crippen LogP contribution in [0.5, 0.6) is 0 Å². The molecule has 210 valence electrons. The van der Waals surface area contributed by atoms with Gasteiger partial charge in [0.1, 0.15) is 17.6 Å². The highest BCUT2D eigenvalue weighted by molar-refractivity contribution is 7.10. The van der Waals surface area contributed by atoms with Crippen molar-refractivity contribution in [2.75, 3.05) is 6.61 Å². The van der Waals surface area contributed by atoms with Crippen molar-refractivity contribution < 1.29 is 23.8 Å². The lowest BCUT2D eigenvalue weighted by Crippen LogP contribution is -2.39. The number of carbonyl (C=O) groups excluding carboxylic acids is 1. The summed E-state index contributed by atoms with van der Waals surface area (Å²) >= 11 is 8.94. The van der Waals surface area contributed by atoms with E-state index in [0.717, 1.165) is 10.4 Å². The number of thiazole rings is 1. The van der Waals surface area contributed by atoms with Crippen molar-refractivity contribution in [3.63, 3.8) is 0 Å². The summed E-state index contributed by atoms with van der Waals surface area (Å²) in [6, 6.07) is 20.0. The first-order valence-corrected chi connectivity index (χ1v) is 14.9. The summed E-state index contributed by atoms with van der Waals surface area (Å²) in [4.78, 5) is 44.8. The van der Waals surface area contributed by atoms with Gasteiger partial charge < -0.3 is 14.3 Å². The molecule has 0 unspecified atom stereocenters. The quantitative estimate of drug-likeness (QED) is 0.238. The number of rotatable bonds is 7. The maximum absolute atomic E-state index is 13.9. The summed E-state index contributed by atoms with van der Waals surface area (Å²) in [6.45, 7) is 1.91. The number of aromatic nitrogens is 1. The second-order valence-corrected chi connectivity index (χ2v) is 11.5. The molecule has 3 aromatic heterocycles. The molecule has 5 aromatic rings. The van der Waals surface area contributed by atoms with Gasteiger partial charge in [-0.2, -0.15) is 0 Å². The Hall–Kier alpha value is -4.51. The molecule has 0 amide bonds. The lowest BCUT2D eigenvalue weighted by atomic mass is 9.97. The van der Waals surface area contributed by atoms with E-state index in [9.17, 15) is 19.5 Å². The Bertz CT molecular complexity index is 2040. The van der Waals surface area contributed by atoms with Crippen molar-refractivity contribution in [2.24, 2.45) is 4.99 Å². The molecule has 1 aliphatic rings. The van der Waals surface area contributed by atoms with Crippen LogP contribution in [0.15, 0.2) is 98.0 Å². The standard InChI is InChI=1S/C31H21ClN2O6S2/c1-2-39-30(38)25-26(17-7-4-3-5-8-17)33-31-34(27(25)23-9-6-14-41-23)28(35)24(42-31)16-19-11-13-22(40-19)20-15-18(29(36)37)10-12-21(20)32/h3-16,27H,2H2,1H3,(H,36,37)/b24-16+/t27-/m0/s1. The molecule has 0 radical (unpaired) electrons. The molecule has 0 fully saturated rings. The number of carboxylic acid groups (broad SMARTS) is 1. The lowest BCUT2D eigenvalue weighted by molar-refractivity contribution is -0.138. The molecule has 0 bridgehead atoms. The minimum absolute atomic E-state index is 0.0702. The highest BCUT2D eigenvalue weighted by Gasteiger charge is 2.35. The number of benzene rings is 2. The predicted molar refractivity (Wildman–Crippen MR) is 161 cm³/mol. The summed E-state index contributed by atoms with van der Waals surface area (Å²) in [6.07, 6.45) is 1.60. The minimum Gasteiger partial charge on any atom is -0.478 e. The lowest BCUT2D eigenvalue weighted by Gasteiger charge is -2.24. The van der Waals surface area contributed by atoms with E-state index < -0.39 is 18.0 Å². The van der Waals surface area contributed by atoms with Crippen LogP contribution in [0.25, 0.3) is 23.1 Å². The van der Waals surface area contributed by atoms with Crippen LogP contribution in [-0.4, -0.2) is 28.2 Å². The molecule has 4 heterocycles. The van der Waals surface area contributed by atoms with Gasteiger partial charge in [0.05, 0.1) is 33.0 Å². The van der Waals surface area contributed by atoms with Gasteiger partial charge in [0, 0.05) is 22.1 Å². The van der Waals surface area contributed by atoms with Crippen LogP contribution >= 0.6 is 34.3 Å². The van der Waals surface area contributed by atoms with Crippen molar-refractivity contribution in [2.45, 2.75) is 13.0 Å². The van der Waals surface area contributed by atoms with Gasteiger partial charge in [-0.1, -0.05) is 59.3 Å². The molecule has 0 saturated heterocycles. The zero-order chi connectivity index (χ0) is 29.4. The maximum Gasteiger partial charge on any atom is 0.338 e. The zero-order valence-electron chi connectivity index (χ0n) is 21.9. The second kappa shape index (κ2) is 11.4. The largest absolute Gasteiger partial charge is 0.478 e. The molecule has 0 saturated carbocycles. The first-order valence-electron chi connectivity index (χ1n) is 12.8. The average molecular weight is 617 g/mol. The molecule has 1 atom stereocenters. The SMILES string of the molecule is CCOC(=O)C1=C(c2ccccc2)N=c2s/c(=C/c3ccc(-c4cc(C(=O)O)ccc4Cl)o3)c(=O)n2[C@H]1c1cccs1. The van der Waals surface area contributed by atoms with Crippen molar-refractivity contribution in [3.8, 4) is 11.3 Å². The van der Waals surface area contributed by atoms with Gasteiger partial charge in [-0.15, -0.1) is 11.3 Å². The zero-order valence-corrected chi connectivity index (χ0v) is 24.3. The van der Waals surface area contributed by atoms with Crippen LogP contribution < -0.4 is 14.9 Å². The monoisotopic (exact) mass is 616 g/mol. The number of carbonyl (C=O) groups is 2. The van der Waals surface area contributed by atoms with E-state index in [2.05, 4.69) is 0 Å². The van der Waals surface area contributed by atoms with E-state index in [0.29, 0.717) is 37.1 Å². The normalized spacial score (nSPS) is 14.9. The van der Waals surface area contributed by atoms with Crippen LogP contribution in [0.4, 0.5) is 0 Å². The number of furan rings is 1. The number of halogens is 1. The van der Waals surface area contributed by atoms with Gasteiger partial charge in [-0.25, -0.2) is 14.6 Å². The third-order valence-electron chi connectivity index (χ3n) is 6.57. The van der Waals surface area contributed by atoms with Gasteiger partial charge in [0.2, 0.25) is 0 Å². The number of fused-ring (bicyclic) bond motifs is 1. The first-order chi connectivity index (χ1) is 20.4. The number of nitrogens with zero attached hydrogens (tertiary/aromatic N) is 2. The Labute approximate surface area is 251 Å². The third-order valence-corrected chi connectivity index (χ3v) is 8.80.